The average Bonchev–Trinajstić information content (AvgIpc) is 3.55. The van der Waals surface area contributed by atoms with Crippen LogP contribution in [0, 0.1) is 19.7 Å². The van der Waals surface area contributed by atoms with E-state index in [0.717, 1.165) is 18.5 Å². The number of ether oxygens (including phenoxy) is 1. The first-order chi connectivity index (χ1) is 21.5. The molecule has 2 heterocycles. The Bertz CT molecular complexity index is 2080. The first kappa shape index (κ1) is 33.0. The smallest absolute Gasteiger partial charge is 0.434 e. The molecule has 0 fully saturated rings. The van der Waals surface area contributed by atoms with Crippen molar-refractivity contribution in [2.24, 2.45) is 0 Å². The lowest BCUT2D eigenvalue weighted by Gasteiger charge is -2.15. The monoisotopic (exact) mass is 685 g/mol. The molecule has 2 aromatic heterocycles. The van der Waals surface area contributed by atoms with E-state index in [0.29, 0.717) is 0 Å². The van der Waals surface area contributed by atoms with Crippen LogP contribution in [0.5, 0.6) is 5.75 Å². The van der Waals surface area contributed by atoms with Crippen molar-refractivity contribution < 1.29 is 49.0 Å². The second-order valence-corrected chi connectivity index (χ2v) is 12.5. The number of hydrogen-bond donors (Lipinski definition) is 1. The van der Waals surface area contributed by atoms with Crippen LogP contribution >= 0.6 is 11.6 Å². The number of rotatable bonds is 8. The molecule has 0 saturated heterocycles. The molecule has 0 aliphatic heterocycles. The number of alkyl halides is 5. The molecular formula is C30H22ClF6N3O5S. The number of aromatic nitrogens is 3. The predicted octanol–water partition coefficient (Wildman–Crippen LogP) is 7.79. The van der Waals surface area contributed by atoms with Gasteiger partial charge in [0.2, 0.25) is 0 Å². The zero-order valence-corrected chi connectivity index (χ0v) is 25.5. The minimum absolute atomic E-state index is 0.0441. The molecule has 0 unspecified atom stereocenters. The van der Waals surface area contributed by atoms with Crippen LogP contribution in [-0.2, 0) is 22.6 Å². The van der Waals surface area contributed by atoms with E-state index < -0.39 is 51.2 Å². The second-order valence-electron chi connectivity index (χ2n) is 10.1. The Hall–Kier alpha value is -4.34. The molecule has 0 radical (unpaired) electrons. The molecule has 0 aliphatic rings. The van der Waals surface area contributed by atoms with Crippen LogP contribution in [0.1, 0.15) is 23.0 Å². The van der Waals surface area contributed by atoms with Crippen LogP contribution in [-0.4, -0.2) is 40.9 Å². The van der Waals surface area contributed by atoms with Crippen molar-refractivity contribution in [2.45, 2.75) is 38.1 Å². The third-order valence-corrected chi connectivity index (χ3v) is 8.33. The zero-order valence-electron chi connectivity index (χ0n) is 24.0. The predicted molar refractivity (Wildman–Crippen MR) is 155 cm³/mol. The van der Waals surface area contributed by atoms with Gasteiger partial charge in [0.1, 0.15) is 23.1 Å². The number of oxazole rings is 1. The molecule has 0 spiro atoms. The molecule has 0 bridgehead atoms. The van der Waals surface area contributed by atoms with E-state index in [9.17, 15) is 35.5 Å². The van der Waals surface area contributed by atoms with Gasteiger partial charge in [-0.3, -0.25) is 0 Å². The number of nitrogens with zero attached hydrogens (tertiary/aromatic N) is 3. The highest BCUT2D eigenvalue weighted by Gasteiger charge is 2.35. The first-order valence-electron chi connectivity index (χ1n) is 13.1. The van der Waals surface area contributed by atoms with Crippen LogP contribution < -0.4 is 4.74 Å². The molecule has 3 aromatic carbocycles. The Balaban J connectivity index is 1.78. The molecule has 16 heteroatoms. The lowest BCUT2D eigenvalue weighted by Crippen LogP contribution is -2.06. The van der Waals surface area contributed by atoms with Gasteiger partial charge in [-0.15, -0.1) is 0 Å². The molecule has 46 heavy (non-hydrogen) atoms. The number of aliphatic hydroxyl groups is 1. The van der Waals surface area contributed by atoms with Gasteiger partial charge >= 0.3 is 12.8 Å². The van der Waals surface area contributed by atoms with E-state index >= 15 is 4.39 Å². The van der Waals surface area contributed by atoms with E-state index in [1.54, 1.807) is 0 Å². The third-order valence-electron chi connectivity index (χ3n) is 6.87. The fourth-order valence-electron chi connectivity index (χ4n) is 4.87. The number of hydrogen-bond acceptors (Lipinski definition) is 7. The molecule has 0 aliphatic carbocycles. The number of aryl methyl sites for hydroxylation is 2. The molecule has 5 rings (SSSR count). The van der Waals surface area contributed by atoms with Crippen molar-refractivity contribution in [1.29, 1.82) is 0 Å². The highest BCUT2D eigenvalue weighted by atomic mass is 35.5. The molecule has 0 saturated carbocycles. The molecular weight excluding hydrogens is 664 g/mol. The number of sulfone groups is 1. The van der Waals surface area contributed by atoms with E-state index in [1.807, 2.05) is 0 Å². The van der Waals surface area contributed by atoms with Gasteiger partial charge in [-0.05, 0) is 60.5 Å². The maximum atomic E-state index is 15.1. The fraction of sp³-hybridized carbons (Fsp3) is 0.200. The number of aliphatic hydroxyl groups excluding tert-OH is 1. The highest BCUT2D eigenvalue weighted by molar-refractivity contribution is 7.90. The summed E-state index contributed by atoms with van der Waals surface area (Å²) in [5.74, 6) is -1.19. The summed E-state index contributed by atoms with van der Waals surface area (Å²) in [6.07, 6.45) is -3.13. The third kappa shape index (κ3) is 6.48. The van der Waals surface area contributed by atoms with Gasteiger partial charge in [-0.2, -0.15) is 22.0 Å². The largest absolute Gasteiger partial charge is 0.440 e. The molecule has 1 N–H and O–H groups in total. The van der Waals surface area contributed by atoms with Crippen molar-refractivity contribution in [3.63, 3.8) is 0 Å². The normalized spacial score (nSPS) is 12.3. The van der Waals surface area contributed by atoms with E-state index in [-0.39, 0.29) is 61.9 Å². The van der Waals surface area contributed by atoms with Gasteiger partial charge in [-0.25, -0.2) is 22.8 Å². The number of halogens is 7. The molecule has 5 aromatic rings. The second kappa shape index (κ2) is 12.1. The van der Waals surface area contributed by atoms with Crippen molar-refractivity contribution in [3.05, 3.63) is 88.5 Å². The van der Waals surface area contributed by atoms with Crippen LogP contribution in [0.25, 0.3) is 39.4 Å². The summed E-state index contributed by atoms with van der Waals surface area (Å²) in [5.41, 5.74) is -0.695. The maximum Gasteiger partial charge on any atom is 0.434 e. The summed E-state index contributed by atoms with van der Waals surface area (Å²) in [4.78, 5) is 7.63. The summed E-state index contributed by atoms with van der Waals surface area (Å²) in [6.45, 7) is -1.18. The topological polar surface area (TPSA) is 107 Å². The van der Waals surface area contributed by atoms with Gasteiger partial charge < -0.3 is 18.8 Å². The van der Waals surface area contributed by atoms with E-state index in [1.165, 1.54) is 60.9 Å². The van der Waals surface area contributed by atoms with E-state index in [2.05, 4.69) is 14.7 Å². The van der Waals surface area contributed by atoms with Crippen LogP contribution in [0.15, 0.2) is 64.0 Å². The van der Waals surface area contributed by atoms with Gasteiger partial charge in [0.25, 0.3) is 0 Å². The summed E-state index contributed by atoms with van der Waals surface area (Å²) in [7, 11) is -4.00. The van der Waals surface area contributed by atoms with Crippen molar-refractivity contribution >= 4 is 21.4 Å². The lowest BCUT2D eigenvalue weighted by molar-refractivity contribution is -0.141. The summed E-state index contributed by atoms with van der Waals surface area (Å²) < 4.78 is 118. The molecule has 0 atom stereocenters. The van der Waals surface area contributed by atoms with Crippen LogP contribution in [0.4, 0.5) is 26.3 Å². The fourth-order valence-corrected chi connectivity index (χ4v) is 6.05. The Kier molecular flexibility index (Phi) is 8.70. The van der Waals surface area contributed by atoms with Gasteiger partial charge in [-0.1, -0.05) is 17.7 Å². The van der Waals surface area contributed by atoms with Gasteiger partial charge in [0, 0.05) is 36.1 Å². The summed E-state index contributed by atoms with van der Waals surface area (Å²) >= 11 is 6.18. The Morgan fingerprint density at radius 1 is 1.02 bits per heavy atom. The minimum atomic E-state index is -4.77. The number of benzene rings is 3. The Morgan fingerprint density at radius 2 is 1.72 bits per heavy atom. The van der Waals surface area contributed by atoms with Crippen molar-refractivity contribution in [1.82, 2.24) is 14.5 Å². The Morgan fingerprint density at radius 3 is 2.30 bits per heavy atom. The summed E-state index contributed by atoms with van der Waals surface area (Å²) in [5, 5.41) is 9.42. The van der Waals surface area contributed by atoms with Crippen molar-refractivity contribution in [3.8, 4) is 45.1 Å². The lowest BCUT2D eigenvalue weighted by atomic mass is 9.97. The quantitative estimate of drug-likeness (QED) is 0.166. The number of imidazole rings is 1. The minimum Gasteiger partial charge on any atom is -0.440 e. The van der Waals surface area contributed by atoms with Crippen LogP contribution in [0.2, 0.25) is 5.02 Å². The summed E-state index contributed by atoms with van der Waals surface area (Å²) in [6, 6.07) is 10.3. The van der Waals surface area contributed by atoms with Gasteiger partial charge in [0.15, 0.2) is 27.2 Å². The molecule has 242 valence electrons. The maximum absolute atomic E-state index is 15.1. The van der Waals surface area contributed by atoms with Crippen LogP contribution in [0.3, 0.4) is 0 Å². The SMILES string of the molecule is Cc1nc(-c2cc(-c3cc(F)c(CO)c(S(C)(=O)=O)c3)ccc2-n2cc(C(F)(F)F)nc2C)c(-c2ccc(OC(F)F)c(Cl)c2)o1. The van der Waals surface area contributed by atoms with Crippen molar-refractivity contribution in [2.75, 3.05) is 6.26 Å². The Labute approximate surface area is 262 Å². The molecule has 0 amide bonds. The highest BCUT2D eigenvalue weighted by Crippen LogP contribution is 2.41. The first-order valence-corrected chi connectivity index (χ1v) is 15.4. The molecule has 8 nitrogen and oxygen atoms in total. The van der Waals surface area contributed by atoms with Gasteiger partial charge in [0.05, 0.1) is 22.2 Å². The zero-order chi connectivity index (χ0) is 33.7. The average molecular weight is 686 g/mol. The van der Waals surface area contributed by atoms with E-state index in [4.69, 9.17) is 16.0 Å². The standard InChI is InChI=1S/C30H22ClF6N3O5S/c1-14-38-26(30(35,36)37)12-40(14)23-6-4-16(18-10-22(32)20(13-41)25(11-18)46(3,42)43)8-19(23)27-28(44-15(2)39-27)17-5-7-24(21(31)9-17)45-29(33)34/h4-12,29,41H,13H2,1-3H3.